The van der Waals surface area contributed by atoms with Gasteiger partial charge in [0.05, 0.1) is 6.54 Å². The highest BCUT2D eigenvalue weighted by molar-refractivity contribution is 5.67. The molecule has 0 radical (unpaired) electrons. The highest BCUT2D eigenvalue weighted by Crippen LogP contribution is 2.31. The molecule has 0 bridgehead atoms. The summed E-state index contributed by atoms with van der Waals surface area (Å²) < 4.78 is 37.2. The SMILES string of the molecule is CNCC(O)COc1cccc(-c2nc(N[C@H]3CCCO3)c(C)c(N3CCN(CC(F)F)CC3)n2)c1. The summed E-state index contributed by atoms with van der Waals surface area (Å²) in [7, 11) is 1.77. The Balaban J connectivity index is 1.59. The summed E-state index contributed by atoms with van der Waals surface area (Å²) in [5.41, 5.74) is 1.68. The number of alkyl halides is 2. The van der Waals surface area contributed by atoms with Crippen LogP contribution < -0.4 is 20.3 Å². The number of hydrogen-bond acceptors (Lipinski definition) is 9. The van der Waals surface area contributed by atoms with Gasteiger partial charge in [-0.15, -0.1) is 0 Å². The molecule has 2 saturated heterocycles. The van der Waals surface area contributed by atoms with E-state index in [0.717, 1.165) is 29.8 Å². The van der Waals surface area contributed by atoms with E-state index in [1.54, 1.807) is 11.9 Å². The minimum Gasteiger partial charge on any atom is -0.491 e. The van der Waals surface area contributed by atoms with Crippen LogP contribution in [0.4, 0.5) is 20.4 Å². The number of aromatic nitrogens is 2. The van der Waals surface area contributed by atoms with E-state index in [2.05, 4.69) is 15.5 Å². The summed E-state index contributed by atoms with van der Waals surface area (Å²) in [6, 6.07) is 7.48. The van der Waals surface area contributed by atoms with Crippen molar-refractivity contribution in [1.29, 1.82) is 0 Å². The molecular weight excluding hydrogens is 470 g/mol. The van der Waals surface area contributed by atoms with Gasteiger partial charge in [0.15, 0.2) is 5.82 Å². The number of aliphatic hydroxyl groups is 1. The van der Waals surface area contributed by atoms with Crippen molar-refractivity contribution in [3.63, 3.8) is 0 Å². The molecule has 3 N–H and O–H groups in total. The van der Waals surface area contributed by atoms with E-state index in [1.165, 1.54) is 0 Å². The van der Waals surface area contributed by atoms with Gasteiger partial charge in [-0.25, -0.2) is 18.7 Å². The van der Waals surface area contributed by atoms with Gasteiger partial charge < -0.3 is 30.1 Å². The van der Waals surface area contributed by atoms with Crippen LogP contribution in [0.3, 0.4) is 0 Å². The molecular formula is C25H36F2N6O3. The Kier molecular flexibility index (Phi) is 9.24. The summed E-state index contributed by atoms with van der Waals surface area (Å²) in [6.07, 6.45) is -1.16. The Morgan fingerprint density at radius 2 is 2.03 bits per heavy atom. The standard InChI is InChI=1S/C25H36F2N6O3/c1-17-23(29-22-7-4-12-35-22)30-24(18-5-3-6-20(13-18)36-16-19(34)14-28-2)31-25(17)33-10-8-32(9-11-33)15-21(26)27/h3,5-6,13,19,21-22,28,34H,4,7-12,14-16H2,1-2H3,(H,29,30,31)/t19?,22-/m1/s1. The van der Waals surface area contributed by atoms with Gasteiger partial charge >= 0.3 is 0 Å². The predicted octanol–water partition coefficient (Wildman–Crippen LogP) is 2.35. The molecule has 0 saturated carbocycles. The molecule has 3 heterocycles. The van der Waals surface area contributed by atoms with Gasteiger partial charge in [-0.2, -0.15) is 0 Å². The van der Waals surface area contributed by atoms with Crippen LogP contribution in [0.1, 0.15) is 18.4 Å². The zero-order valence-corrected chi connectivity index (χ0v) is 20.9. The molecule has 0 spiro atoms. The molecule has 9 nitrogen and oxygen atoms in total. The first-order chi connectivity index (χ1) is 17.4. The number of likely N-dealkylation sites (N-methyl/N-ethyl adjacent to an activating group) is 1. The second-order valence-corrected chi connectivity index (χ2v) is 9.22. The minimum absolute atomic E-state index is 0.106. The molecule has 1 aromatic carbocycles. The van der Waals surface area contributed by atoms with E-state index in [9.17, 15) is 13.9 Å². The van der Waals surface area contributed by atoms with Gasteiger partial charge in [0, 0.05) is 50.5 Å². The number of rotatable bonds is 11. The number of anilines is 2. The lowest BCUT2D eigenvalue weighted by molar-refractivity contribution is 0.0853. The molecule has 2 aliphatic heterocycles. The molecule has 0 aliphatic carbocycles. The first kappa shape index (κ1) is 26.5. The van der Waals surface area contributed by atoms with E-state index in [1.807, 2.05) is 31.2 Å². The lowest BCUT2D eigenvalue weighted by Crippen LogP contribution is -2.48. The highest BCUT2D eigenvalue weighted by atomic mass is 19.3. The quantitative estimate of drug-likeness (QED) is 0.425. The Morgan fingerprint density at radius 1 is 1.22 bits per heavy atom. The maximum atomic E-state index is 12.8. The number of aliphatic hydroxyl groups excluding tert-OH is 1. The van der Waals surface area contributed by atoms with Crippen molar-refractivity contribution >= 4 is 11.6 Å². The second-order valence-electron chi connectivity index (χ2n) is 9.22. The first-order valence-electron chi connectivity index (χ1n) is 12.5. The van der Waals surface area contributed by atoms with Crippen molar-refractivity contribution in [2.75, 3.05) is 69.7 Å². The number of benzene rings is 1. The molecule has 1 unspecified atom stereocenters. The number of piperazine rings is 1. The van der Waals surface area contributed by atoms with Crippen molar-refractivity contribution in [2.24, 2.45) is 0 Å². The van der Waals surface area contributed by atoms with Gasteiger partial charge in [-0.3, -0.25) is 4.90 Å². The van der Waals surface area contributed by atoms with Crippen molar-refractivity contribution in [2.45, 2.75) is 38.5 Å². The lowest BCUT2D eigenvalue weighted by Gasteiger charge is -2.36. The number of nitrogens with zero attached hydrogens (tertiary/aromatic N) is 4. The zero-order chi connectivity index (χ0) is 25.5. The van der Waals surface area contributed by atoms with Crippen LogP contribution in [0.15, 0.2) is 24.3 Å². The van der Waals surface area contributed by atoms with Crippen LogP contribution in [-0.4, -0.2) is 98.3 Å². The Morgan fingerprint density at radius 3 is 2.72 bits per heavy atom. The summed E-state index contributed by atoms with van der Waals surface area (Å²) >= 11 is 0. The third-order valence-electron chi connectivity index (χ3n) is 6.39. The van der Waals surface area contributed by atoms with Crippen molar-refractivity contribution < 1.29 is 23.4 Å². The van der Waals surface area contributed by atoms with Crippen LogP contribution in [0, 0.1) is 6.92 Å². The fourth-order valence-corrected chi connectivity index (χ4v) is 4.48. The summed E-state index contributed by atoms with van der Waals surface area (Å²) in [5.74, 6) is 2.63. The van der Waals surface area contributed by atoms with Crippen molar-refractivity contribution in [3.8, 4) is 17.1 Å². The molecule has 198 valence electrons. The smallest absolute Gasteiger partial charge is 0.251 e. The number of nitrogens with one attached hydrogen (secondary N) is 2. The molecule has 0 amide bonds. The van der Waals surface area contributed by atoms with Gasteiger partial charge in [0.1, 0.15) is 36.3 Å². The predicted molar refractivity (Wildman–Crippen MR) is 135 cm³/mol. The third kappa shape index (κ3) is 7.00. The molecule has 1 aromatic heterocycles. The Bertz CT molecular complexity index is 984. The zero-order valence-electron chi connectivity index (χ0n) is 20.9. The maximum absolute atomic E-state index is 12.8. The summed E-state index contributed by atoms with van der Waals surface area (Å²) in [5, 5.41) is 16.3. The molecule has 2 aromatic rings. The second kappa shape index (κ2) is 12.6. The Hall–Kier alpha value is -2.60. The van der Waals surface area contributed by atoms with Gasteiger partial charge in [0.2, 0.25) is 0 Å². The van der Waals surface area contributed by atoms with Crippen LogP contribution >= 0.6 is 0 Å². The maximum Gasteiger partial charge on any atom is 0.251 e. The molecule has 11 heteroatoms. The summed E-state index contributed by atoms with van der Waals surface area (Å²) in [4.78, 5) is 13.7. The highest BCUT2D eigenvalue weighted by Gasteiger charge is 2.25. The largest absolute Gasteiger partial charge is 0.491 e. The van der Waals surface area contributed by atoms with Crippen molar-refractivity contribution in [3.05, 3.63) is 29.8 Å². The lowest BCUT2D eigenvalue weighted by atomic mass is 10.1. The fraction of sp³-hybridized carbons (Fsp3) is 0.600. The topological polar surface area (TPSA) is 95.0 Å². The first-order valence-corrected chi connectivity index (χ1v) is 12.5. The fourth-order valence-electron chi connectivity index (χ4n) is 4.48. The van der Waals surface area contributed by atoms with Crippen LogP contribution in [0.25, 0.3) is 11.4 Å². The molecule has 4 rings (SSSR count). The number of hydrogen-bond donors (Lipinski definition) is 3. The number of ether oxygens (including phenoxy) is 2. The van der Waals surface area contributed by atoms with Crippen LogP contribution in [0.2, 0.25) is 0 Å². The molecule has 2 atom stereocenters. The van der Waals surface area contributed by atoms with Crippen LogP contribution in [-0.2, 0) is 4.74 Å². The molecule has 2 aliphatic rings. The normalized spacial score (nSPS) is 19.6. The van der Waals surface area contributed by atoms with Crippen LogP contribution in [0.5, 0.6) is 5.75 Å². The van der Waals surface area contributed by atoms with Gasteiger partial charge in [-0.05, 0) is 38.9 Å². The summed E-state index contributed by atoms with van der Waals surface area (Å²) in [6.45, 7) is 5.41. The van der Waals surface area contributed by atoms with E-state index >= 15 is 0 Å². The minimum atomic E-state index is -2.33. The Labute approximate surface area is 210 Å². The van der Waals surface area contributed by atoms with E-state index in [-0.39, 0.29) is 19.4 Å². The average molecular weight is 507 g/mol. The monoisotopic (exact) mass is 506 g/mol. The number of halogens is 2. The van der Waals surface area contributed by atoms with E-state index < -0.39 is 12.5 Å². The van der Waals surface area contributed by atoms with E-state index in [4.69, 9.17) is 19.4 Å². The van der Waals surface area contributed by atoms with E-state index in [0.29, 0.717) is 56.7 Å². The van der Waals surface area contributed by atoms with Gasteiger partial charge in [-0.1, -0.05) is 12.1 Å². The average Bonchev–Trinajstić information content (AvgIpc) is 3.38. The third-order valence-corrected chi connectivity index (χ3v) is 6.39. The molecule has 2 fully saturated rings. The van der Waals surface area contributed by atoms with Gasteiger partial charge in [0.25, 0.3) is 6.43 Å². The molecule has 36 heavy (non-hydrogen) atoms. The van der Waals surface area contributed by atoms with Crippen molar-refractivity contribution in [1.82, 2.24) is 20.2 Å².